The van der Waals surface area contributed by atoms with Crippen LogP contribution in [0.4, 0.5) is 17.2 Å². The van der Waals surface area contributed by atoms with Gasteiger partial charge in [0.25, 0.3) is 0 Å². The predicted octanol–water partition coefficient (Wildman–Crippen LogP) is 5.91. The van der Waals surface area contributed by atoms with E-state index in [1.807, 2.05) is 56.6 Å². The molecule has 0 atom stereocenters. The Kier molecular flexibility index (Phi) is 5.40. The molecule has 3 aromatic carbocycles. The van der Waals surface area contributed by atoms with E-state index in [9.17, 15) is 0 Å². The minimum atomic E-state index is 0.767. The zero-order valence-corrected chi connectivity index (χ0v) is 18.9. The van der Waals surface area contributed by atoms with Gasteiger partial charge in [0, 0.05) is 42.9 Å². The van der Waals surface area contributed by atoms with Gasteiger partial charge >= 0.3 is 0 Å². The largest absolute Gasteiger partial charge is 0.497 e. The second-order valence-corrected chi connectivity index (χ2v) is 7.96. The Hall–Kier alpha value is -4.32. The van der Waals surface area contributed by atoms with Crippen LogP contribution in [0.15, 0.2) is 91.4 Å². The molecule has 0 spiro atoms. The van der Waals surface area contributed by atoms with Crippen molar-refractivity contribution < 1.29 is 4.74 Å². The van der Waals surface area contributed by atoms with Gasteiger partial charge in [-0.25, -0.2) is 9.97 Å². The van der Waals surface area contributed by atoms with E-state index in [0.717, 1.165) is 50.8 Å². The van der Waals surface area contributed by atoms with E-state index in [4.69, 9.17) is 4.74 Å². The Balaban J connectivity index is 1.66. The van der Waals surface area contributed by atoms with Gasteiger partial charge in [0.2, 0.25) is 0 Å². The normalized spacial score (nSPS) is 10.9. The van der Waals surface area contributed by atoms with Crippen LogP contribution < -0.4 is 15.0 Å². The van der Waals surface area contributed by atoms with Crippen molar-refractivity contribution in [3.63, 3.8) is 0 Å². The summed E-state index contributed by atoms with van der Waals surface area (Å²) in [6.07, 6.45) is 3.73. The molecular weight excluding hydrogens is 410 g/mol. The standard InChI is InChI=1S/C27H25N5O/c1-31(2)21-11-9-20(10-12-21)30-26-25-24(19-7-5-4-6-8-19)17-32(27(25)29-18-28-26)22-13-15-23(33-3)16-14-22/h4-18H,1-3H3,(H,28,29,30). The van der Waals surface area contributed by atoms with Crippen LogP contribution in [0.1, 0.15) is 0 Å². The van der Waals surface area contributed by atoms with E-state index >= 15 is 0 Å². The number of rotatable bonds is 6. The SMILES string of the molecule is COc1ccc(-n2cc(-c3ccccc3)c3c(Nc4ccc(N(C)C)cc4)ncnc32)cc1. The maximum Gasteiger partial charge on any atom is 0.150 e. The van der Waals surface area contributed by atoms with Crippen molar-refractivity contribution in [3.8, 4) is 22.6 Å². The Morgan fingerprint density at radius 1 is 0.848 bits per heavy atom. The second-order valence-electron chi connectivity index (χ2n) is 7.96. The Morgan fingerprint density at radius 3 is 2.24 bits per heavy atom. The minimum Gasteiger partial charge on any atom is -0.497 e. The molecule has 0 aliphatic rings. The molecule has 0 saturated heterocycles. The van der Waals surface area contributed by atoms with Gasteiger partial charge in [0.1, 0.15) is 17.9 Å². The smallest absolute Gasteiger partial charge is 0.150 e. The summed E-state index contributed by atoms with van der Waals surface area (Å²) in [7, 11) is 5.73. The molecule has 33 heavy (non-hydrogen) atoms. The zero-order chi connectivity index (χ0) is 22.8. The first-order valence-corrected chi connectivity index (χ1v) is 10.7. The fourth-order valence-corrected chi connectivity index (χ4v) is 3.91. The summed E-state index contributed by atoms with van der Waals surface area (Å²) >= 11 is 0. The maximum atomic E-state index is 5.33. The van der Waals surface area contributed by atoms with E-state index in [1.54, 1.807) is 13.4 Å². The highest BCUT2D eigenvalue weighted by atomic mass is 16.5. The zero-order valence-electron chi connectivity index (χ0n) is 18.9. The number of methoxy groups -OCH3 is 1. The van der Waals surface area contributed by atoms with Crippen LogP contribution in [0.3, 0.4) is 0 Å². The summed E-state index contributed by atoms with van der Waals surface area (Å²) in [5.74, 6) is 1.58. The minimum absolute atomic E-state index is 0.767. The highest BCUT2D eigenvalue weighted by molar-refractivity contribution is 6.03. The van der Waals surface area contributed by atoms with E-state index in [-0.39, 0.29) is 0 Å². The lowest BCUT2D eigenvalue weighted by Gasteiger charge is -2.13. The van der Waals surface area contributed by atoms with Gasteiger partial charge in [-0.15, -0.1) is 0 Å². The summed E-state index contributed by atoms with van der Waals surface area (Å²) in [5, 5.41) is 4.47. The molecule has 0 bridgehead atoms. The molecule has 6 heteroatoms. The number of nitrogens with one attached hydrogen (secondary N) is 1. The molecule has 0 aliphatic heterocycles. The summed E-state index contributed by atoms with van der Waals surface area (Å²) in [6, 6.07) is 26.6. The number of aromatic nitrogens is 3. The third-order valence-corrected chi connectivity index (χ3v) is 5.66. The van der Waals surface area contributed by atoms with Crippen molar-refractivity contribution in [2.75, 3.05) is 31.4 Å². The third-order valence-electron chi connectivity index (χ3n) is 5.66. The average Bonchev–Trinajstić information content (AvgIpc) is 3.26. The van der Waals surface area contributed by atoms with Crippen molar-refractivity contribution in [1.29, 1.82) is 0 Å². The molecule has 5 rings (SSSR count). The van der Waals surface area contributed by atoms with Gasteiger partial charge in [-0.1, -0.05) is 30.3 Å². The van der Waals surface area contributed by atoms with Gasteiger partial charge in [-0.2, -0.15) is 0 Å². The molecule has 1 N–H and O–H groups in total. The molecule has 0 unspecified atom stereocenters. The lowest BCUT2D eigenvalue weighted by Crippen LogP contribution is -2.08. The number of hydrogen-bond acceptors (Lipinski definition) is 5. The van der Waals surface area contributed by atoms with E-state index in [1.165, 1.54) is 0 Å². The Labute approximate surface area is 193 Å². The van der Waals surface area contributed by atoms with Crippen molar-refractivity contribution in [3.05, 3.63) is 91.4 Å². The van der Waals surface area contributed by atoms with E-state index < -0.39 is 0 Å². The molecule has 5 aromatic rings. The second kappa shape index (κ2) is 8.67. The van der Waals surface area contributed by atoms with Crippen LogP contribution >= 0.6 is 0 Å². The Morgan fingerprint density at radius 2 is 1.58 bits per heavy atom. The van der Waals surface area contributed by atoms with Crippen molar-refractivity contribution >= 4 is 28.2 Å². The van der Waals surface area contributed by atoms with Crippen LogP contribution in [0, 0.1) is 0 Å². The summed E-state index contributed by atoms with van der Waals surface area (Å²) in [5.41, 5.74) is 6.12. The van der Waals surface area contributed by atoms with Crippen LogP contribution in [-0.4, -0.2) is 35.7 Å². The molecule has 164 valence electrons. The number of anilines is 3. The van der Waals surface area contributed by atoms with Gasteiger partial charge in [-0.3, -0.25) is 0 Å². The number of benzene rings is 3. The van der Waals surface area contributed by atoms with Crippen LogP contribution in [0.25, 0.3) is 27.8 Å². The highest BCUT2D eigenvalue weighted by Gasteiger charge is 2.17. The molecular formula is C27H25N5O. The van der Waals surface area contributed by atoms with Crippen LogP contribution in [0.5, 0.6) is 5.75 Å². The fraction of sp³-hybridized carbons (Fsp3) is 0.111. The van der Waals surface area contributed by atoms with Gasteiger partial charge in [-0.05, 0) is 54.1 Å². The van der Waals surface area contributed by atoms with Crippen LogP contribution in [0.2, 0.25) is 0 Å². The quantitative estimate of drug-likeness (QED) is 0.360. The lowest BCUT2D eigenvalue weighted by atomic mass is 10.1. The van der Waals surface area contributed by atoms with Crippen LogP contribution in [-0.2, 0) is 0 Å². The molecule has 6 nitrogen and oxygen atoms in total. The van der Waals surface area contributed by atoms with Crippen molar-refractivity contribution in [2.24, 2.45) is 0 Å². The fourth-order valence-electron chi connectivity index (χ4n) is 3.91. The van der Waals surface area contributed by atoms with Gasteiger partial charge in [0.05, 0.1) is 12.5 Å². The van der Waals surface area contributed by atoms with Gasteiger partial charge < -0.3 is 19.5 Å². The third kappa shape index (κ3) is 3.99. The molecule has 0 amide bonds. The topological polar surface area (TPSA) is 55.2 Å². The summed E-state index contributed by atoms with van der Waals surface area (Å²) in [6.45, 7) is 0. The predicted molar refractivity (Wildman–Crippen MR) is 135 cm³/mol. The molecule has 0 fully saturated rings. The number of fused-ring (bicyclic) bond motifs is 1. The average molecular weight is 436 g/mol. The Bertz CT molecular complexity index is 1370. The van der Waals surface area contributed by atoms with Gasteiger partial charge in [0.15, 0.2) is 5.65 Å². The molecule has 0 aliphatic carbocycles. The van der Waals surface area contributed by atoms with Crippen molar-refractivity contribution in [1.82, 2.24) is 14.5 Å². The molecule has 2 heterocycles. The summed E-state index contributed by atoms with van der Waals surface area (Å²) in [4.78, 5) is 11.4. The monoisotopic (exact) mass is 435 g/mol. The maximum absolute atomic E-state index is 5.33. The lowest BCUT2D eigenvalue weighted by molar-refractivity contribution is 0.415. The first-order valence-electron chi connectivity index (χ1n) is 10.7. The molecule has 0 radical (unpaired) electrons. The van der Waals surface area contributed by atoms with Crippen molar-refractivity contribution in [2.45, 2.75) is 0 Å². The molecule has 0 saturated carbocycles. The number of ether oxygens (including phenoxy) is 1. The first kappa shape index (κ1) is 20.6. The highest BCUT2D eigenvalue weighted by Crippen LogP contribution is 2.36. The molecule has 2 aromatic heterocycles. The number of hydrogen-bond donors (Lipinski definition) is 1. The van der Waals surface area contributed by atoms with E-state index in [2.05, 4.69) is 67.3 Å². The number of nitrogens with zero attached hydrogens (tertiary/aromatic N) is 4. The first-order chi connectivity index (χ1) is 16.1. The summed E-state index contributed by atoms with van der Waals surface area (Å²) < 4.78 is 7.42. The van der Waals surface area contributed by atoms with E-state index in [0.29, 0.717) is 0 Å².